The molecular weight excluding hydrogens is 477 g/mol. The summed E-state index contributed by atoms with van der Waals surface area (Å²) in [5.41, 5.74) is 2.40. The number of benzene rings is 3. The van der Waals surface area contributed by atoms with E-state index in [0.29, 0.717) is 24.1 Å². The van der Waals surface area contributed by atoms with Crippen LogP contribution in [-0.2, 0) is 0 Å². The van der Waals surface area contributed by atoms with Gasteiger partial charge in [-0.2, -0.15) is 0 Å². The van der Waals surface area contributed by atoms with Gasteiger partial charge in [0.2, 0.25) is 0 Å². The Labute approximate surface area is 213 Å². The Bertz CT molecular complexity index is 1330. The van der Waals surface area contributed by atoms with Gasteiger partial charge in [0.1, 0.15) is 10.8 Å². The van der Waals surface area contributed by atoms with Gasteiger partial charge >= 0.3 is 0 Å². The summed E-state index contributed by atoms with van der Waals surface area (Å²) in [6.45, 7) is 1.45. The first-order valence-corrected chi connectivity index (χ1v) is 12.9. The highest BCUT2D eigenvalue weighted by Crippen LogP contribution is 2.36. The Hall–Kier alpha value is -3.49. The van der Waals surface area contributed by atoms with Crippen LogP contribution in [0.5, 0.6) is 11.5 Å². The summed E-state index contributed by atoms with van der Waals surface area (Å²) in [7, 11) is 1.57. The van der Waals surface area contributed by atoms with Gasteiger partial charge in [0.15, 0.2) is 11.6 Å². The van der Waals surface area contributed by atoms with Gasteiger partial charge in [-0.1, -0.05) is 18.6 Å². The van der Waals surface area contributed by atoms with Crippen LogP contribution < -0.4 is 20.1 Å². The Balaban J connectivity index is 1.31. The monoisotopic (exact) mass is 505 g/mol. The Morgan fingerprint density at radius 2 is 2.06 bits per heavy atom. The van der Waals surface area contributed by atoms with Gasteiger partial charge in [-0.25, -0.2) is 9.37 Å². The number of rotatable bonds is 8. The van der Waals surface area contributed by atoms with Crippen LogP contribution in [0.2, 0.25) is 0 Å². The number of methoxy groups -OCH3 is 1. The molecule has 3 aromatic carbocycles. The molecule has 1 aliphatic rings. The number of piperidine rings is 1. The molecule has 5 rings (SSSR count). The van der Waals surface area contributed by atoms with Crippen molar-refractivity contribution in [1.29, 1.82) is 0 Å². The minimum absolute atomic E-state index is 0.152. The molecule has 1 aliphatic heterocycles. The predicted octanol–water partition coefficient (Wildman–Crippen LogP) is 6.27. The standard InChI is InChI=1S/C28H28FN3O3S/c1-34-20-10-11-21(28-32-23-7-2-3-8-26(23)36-28)24(17-20)31-27(33)18-9-12-25(22(29)16-18)35-15-13-19-6-4-5-14-30-19/h2-3,7-12,16-17,19,30H,4-6,13-15H2,1H3,(H,31,33). The number of fused-ring (bicyclic) bond motifs is 1. The van der Waals surface area contributed by atoms with Crippen molar-refractivity contribution in [3.05, 3.63) is 72.0 Å². The molecule has 1 saturated heterocycles. The maximum Gasteiger partial charge on any atom is 0.255 e. The Kier molecular flexibility index (Phi) is 7.44. The molecule has 1 atom stereocenters. The van der Waals surface area contributed by atoms with Crippen molar-refractivity contribution in [3.8, 4) is 22.1 Å². The van der Waals surface area contributed by atoms with E-state index in [1.165, 1.54) is 36.3 Å². The fourth-order valence-corrected chi connectivity index (χ4v) is 5.37. The van der Waals surface area contributed by atoms with Gasteiger partial charge in [0.05, 0.1) is 29.6 Å². The number of carbonyl (C=O) groups excluding carboxylic acids is 1. The fraction of sp³-hybridized carbons (Fsp3) is 0.286. The number of para-hydroxylation sites is 1. The average molecular weight is 506 g/mol. The molecular formula is C28H28FN3O3S. The minimum atomic E-state index is -0.559. The van der Waals surface area contributed by atoms with Crippen LogP contribution in [0.25, 0.3) is 20.8 Å². The second-order valence-electron chi connectivity index (χ2n) is 8.78. The van der Waals surface area contributed by atoms with E-state index in [4.69, 9.17) is 14.5 Å². The predicted molar refractivity (Wildman–Crippen MR) is 142 cm³/mol. The van der Waals surface area contributed by atoms with Gasteiger partial charge in [-0.15, -0.1) is 11.3 Å². The second kappa shape index (κ2) is 11.1. The molecule has 6 nitrogen and oxygen atoms in total. The topological polar surface area (TPSA) is 72.5 Å². The molecule has 1 aromatic heterocycles. The highest BCUT2D eigenvalue weighted by Gasteiger charge is 2.17. The average Bonchev–Trinajstić information content (AvgIpc) is 3.34. The van der Waals surface area contributed by atoms with Gasteiger partial charge in [-0.3, -0.25) is 4.79 Å². The molecule has 0 bridgehead atoms. The summed E-state index contributed by atoms with van der Waals surface area (Å²) < 4.78 is 26.8. The number of carbonyl (C=O) groups is 1. The molecule has 1 fully saturated rings. The zero-order chi connectivity index (χ0) is 24.9. The van der Waals surface area contributed by atoms with Gasteiger partial charge < -0.3 is 20.1 Å². The zero-order valence-corrected chi connectivity index (χ0v) is 20.9. The molecule has 186 valence electrons. The SMILES string of the molecule is COc1ccc(-c2nc3ccccc3s2)c(NC(=O)c2ccc(OCCC3CCCCN3)c(F)c2)c1. The van der Waals surface area contributed by atoms with Crippen molar-refractivity contribution in [1.82, 2.24) is 10.3 Å². The van der Waals surface area contributed by atoms with Gasteiger partial charge in [0, 0.05) is 23.2 Å². The van der Waals surface area contributed by atoms with Crippen molar-refractivity contribution >= 4 is 33.1 Å². The summed E-state index contributed by atoms with van der Waals surface area (Å²) >= 11 is 1.54. The molecule has 0 spiro atoms. The summed E-state index contributed by atoms with van der Waals surface area (Å²) in [5, 5.41) is 7.14. The Morgan fingerprint density at radius 3 is 2.83 bits per heavy atom. The van der Waals surface area contributed by atoms with Crippen molar-refractivity contribution in [2.24, 2.45) is 0 Å². The molecule has 2 heterocycles. The number of hydrogen-bond donors (Lipinski definition) is 2. The molecule has 1 unspecified atom stereocenters. The molecule has 36 heavy (non-hydrogen) atoms. The van der Waals surface area contributed by atoms with E-state index in [0.717, 1.165) is 40.2 Å². The quantitative estimate of drug-likeness (QED) is 0.295. The fourth-order valence-electron chi connectivity index (χ4n) is 4.36. The largest absolute Gasteiger partial charge is 0.497 e. The van der Waals surface area contributed by atoms with Crippen LogP contribution >= 0.6 is 11.3 Å². The summed E-state index contributed by atoms with van der Waals surface area (Å²) in [6.07, 6.45) is 4.36. The van der Waals surface area contributed by atoms with Crippen LogP contribution in [0.1, 0.15) is 36.0 Å². The first kappa shape index (κ1) is 24.2. The van der Waals surface area contributed by atoms with Crippen molar-refractivity contribution < 1.29 is 18.7 Å². The normalized spacial score (nSPS) is 15.6. The van der Waals surface area contributed by atoms with E-state index >= 15 is 0 Å². The number of anilines is 1. The third-order valence-corrected chi connectivity index (χ3v) is 7.40. The van der Waals surface area contributed by atoms with E-state index < -0.39 is 11.7 Å². The van der Waals surface area contributed by atoms with Crippen LogP contribution in [0.15, 0.2) is 60.7 Å². The molecule has 8 heteroatoms. The number of halogens is 1. The number of hydrogen-bond acceptors (Lipinski definition) is 6. The van der Waals surface area contributed by atoms with Crippen molar-refractivity contribution in [2.45, 2.75) is 31.7 Å². The first-order valence-electron chi connectivity index (χ1n) is 12.1. The maximum absolute atomic E-state index is 14.7. The summed E-state index contributed by atoms with van der Waals surface area (Å²) in [4.78, 5) is 17.8. The minimum Gasteiger partial charge on any atom is -0.497 e. The molecule has 0 radical (unpaired) electrons. The lowest BCUT2D eigenvalue weighted by molar-refractivity contribution is 0.102. The first-order chi connectivity index (χ1) is 17.6. The summed E-state index contributed by atoms with van der Waals surface area (Å²) in [6, 6.07) is 18.0. The third kappa shape index (κ3) is 5.50. The number of nitrogens with zero attached hydrogens (tertiary/aromatic N) is 1. The maximum atomic E-state index is 14.7. The van der Waals surface area contributed by atoms with Crippen LogP contribution in [-0.4, -0.2) is 37.2 Å². The van der Waals surface area contributed by atoms with Gasteiger partial charge in [-0.05, 0) is 68.3 Å². The van der Waals surface area contributed by atoms with Crippen LogP contribution in [0.4, 0.5) is 10.1 Å². The molecule has 2 N–H and O–H groups in total. The number of nitrogens with one attached hydrogen (secondary N) is 2. The van der Waals surface area contributed by atoms with E-state index in [2.05, 4.69) is 10.6 Å². The highest BCUT2D eigenvalue weighted by molar-refractivity contribution is 7.21. The van der Waals surface area contributed by atoms with Crippen molar-refractivity contribution in [2.75, 3.05) is 25.6 Å². The molecule has 1 amide bonds. The summed E-state index contributed by atoms with van der Waals surface area (Å²) in [5.74, 6) is -0.241. The van der Waals surface area contributed by atoms with Gasteiger partial charge in [0.25, 0.3) is 5.91 Å². The van der Waals surface area contributed by atoms with Crippen LogP contribution in [0, 0.1) is 5.82 Å². The van der Waals surface area contributed by atoms with E-state index in [-0.39, 0.29) is 11.3 Å². The van der Waals surface area contributed by atoms with Crippen LogP contribution in [0.3, 0.4) is 0 Å². The number of amides is 1. The molecule has 0 saturated carbocycles. The highest BCUT2D eigenvalue weighted by atomic mass is 32.1. The lowest BCUT2D eigenvalue weighted by atomic mass is 10.0. The van der Waals surface area contributed by atoms with E-state index in [1.807, 2.05) is 36.4 Å². The van der Waals surface area contributed by atoms with Crippen molar-refractivity contribution in [3.63, 3.8) is 0 Å². The Morgan fingerprint density at radius 1 is 1.17 bits per heavy atom. The second-order valence-corrected chi connectivity index (χ2v) is 9.81. The zero-order valence-electron chi connectivity index (χ0n) is 20.1. The smallest absolute Gasteiger partial charge is 0.255 e. The molecule has 4 aromatic rings. The van der Waals surface area contributed by atoms with E-state index in [9.17, 15) is 9.18 Å². The lowest BCUT2D eigenvalue weighted by Gasteiger charge is -2.23. The molecule has 0 aliphatic carbocycles. The number of aromatic nitrogens is 1. The van der Waals surface area contributed by atoms with E-state index in [1.54, 1.807) is 19.2 Å². The lowest BCUT2D eigenvalue weighted by Crippen LogP contribution is -2.35. The number of ether oxygens (including phenoxy) is 2. The third-order valence-electron chi connectivity index (χ3n) is 6.33. The number of thiazole rings is 1.